The fourth-order valence-electron chi connectivity index (χ4n) is 3.32. The maximum atomic E-state index is 12.5. The molecule has 1 amide bonds. The summed E-state index contributed by atoms with van der Waals surface area (Å²) >= 11 is 1.75. The van der Waals surface area contributed by atoms with E-state index < -0.39 is 0 Å². The maximum absolute atomic E-state index is 12.5. The fraction of sp³-hybridized carbons (Fsp3) is 0.300. The topological polar surface area (TPSA) is 81.8 Å². The average Bonchev–Trinajstić information content (AvgIpc) is 3.30. The first-order valence-electron chi connectivity index (χ1n) is 9.34. The van der Waals surface area contributed by atoms with Gasteiger partial charge in [0.2, 0.25) is 5.91 Å². The maximum Gasteiger partial charge on any atom is 0.267 e. The summed E-state index contributed by atoms with van der Waals surface area (Å²) in [5, 5.41) is 8.23. The first-order chi connectivity index (χ1) is 13.7. The van der Waals surface area contributed by atoms with Crippen LogP contribution in [0.2, 0.25) is 0 Å². The number of hydrogen-bond acceptors (Lipinski definition) is 5. The molecule has 3 heterocycles. The number of imidazole rings is 1. The average molecular weight is 393 g/mol. The first kappa shape index (κ1) is 17.2. The van der Waals surface area contributed by atoms with Gasteiger partial charge in [0, 0.05) is 41.7 Å². The number of nitrogens with one attached hydrogen (secondary N) is 1. The number of benzene rings is 1. The Balaban J connectivity index is 1.31. The summed E-state index contributed by atoms with van der Waals surface area (Å²) in [5.41, 5.74) is 3.15. The van der Waals surface area contributed by atoms with Crippen molar-refractivity contribution in [2.75, 3.05) is 11.1 Å². The molecule has 0 radical (unpaired) electrons. The molecule has 1 saturated carbocycles. The van der Waals surface area contributed by atoms with Crippen LogP contribution < -0.4 is 10.9 Å². The molecule has 7 nitrogen and oxygen atoms in total. The lowest BCUT2D eigenvalue weighted by Crippen LogP contribution is -2.29. The van der Waals surface area contributed by atoms with Crippen molar-refractivity contribution in [2.24, 2.45) is 0 Å². The van der Waals surface area contributed by atoms with E-state index in [2.05, 4.69) is 20.0 Å². The quantitative estimate of drug-likeness (QED) is 0.721. The van der Waals surface area contributed by atoms with Crippen LogP contribution in [0.5, 0.6) is 0 Å². The van der Waals surface area contributed by atoms with E-state index in [1.165, 1.54) is 10.7 Å². The van der Waals surface area contributed by atoms with Gasteiger partial charge >= 0.3 is 0 Å². The molecular formula is C20H19N5O2S. The Morgan fingerprint density at radius 2 is 2.14 bits per heavy atom. The molecule has 142 valence electrons. The highest BCUT2D eigenvalue weighted by atomic mass is 32.2. The highest BCUT2D eigenvalue weighted by Crippen LogP contribution is 2.38. The van der Waals surface area contributed by atoms with Crippen molar-refractivity contribution in [2.45, 2.75) is 37.0 Å². The molecule has 0 unspecified atom stereocenters. The number of carbonyl (C=O) groups excluding carboxylic acids is 1. The zero-order chi connectivity index (χ0) is 19.1. The Morgan fingerprint density at radius 3 is 2.96 bits per heavy atom. The Bertz CT molecular complexity index is 1090. The molecule has 8 heteroatoms. The van der Waals surface area contributed by atoms with E-state index >= 15 is 0 Å². The van der Waals surface area contributed by atoms with Gasteiger partial charge in [-0.05, 0) is 31.0 Å². The third-order valence-electron chi connectivity index (χ3n) is 4.92. The minimum atomic E-state index is -0.275. The zero-order valence-electron chi connectivity index (χ0n) is 15.2. The minimum absolute atomic E-state index is 0.0982. The molecule has 1 aliphatic heterocycles. The molecule has 1 aromatic carbocycles. The van der Waals surface area contributed by atoms with Gasteiger partial charge in [0.15, 0.2) is 5.16 Å². The van der Waals surface area contributed by atoms with Crippen LogP contribution in [0.3, 0.4) is 0 Å². The summed E-state index contributed by atoms with van der Waals surface area (Å²) < 4.78 is 3.39. The van der Waals surface area contributed by atoms with Gasteiger partial charge in [-0.15, -0.1) is 0 Å². The Labute approximate surface area is 165 Å². The van der Waals surface area contributed by atoms with Crippen LogP contribution in [0.25, 0.3) is 11.3 Å². The SMILES string of the molecule is O=C(Cn1nc(C2CC2)ccc1=O)Nc1cccc(-c2cn3c(n2)SCC3)c1. The van der Waals surface area contributed by atoms with E-state index in [4.69, 9.17) is 0 Å². The monoisotopic (exact) mass is 393 g/mol. The number of aromatic nitrogens is 4. The van der Waals surface area contributed by atoms with E-state index in [1.807, 2.05) is 30.5 Å². The summed E-state index contributed by atoms with van der Waals surface area (Å²) in [6.07, 6.45) is 4.24. The first-order valence-corrected chi connectivity index (χ1v) is 10.3. The zero-order valence-corrected chi connectivity index (χ0v) is 16.0. The molecule has 5 rings (SSSR count). The lowest BCUT2D eigenvalue weighted by atomic mass is 10.1. The van der Waals surface area contributed by atoms with Crippen LogP contribution in [0.15, 0.2) is 52.5 Å². The van der Waals surface area contributed by atoms with Crippen LogP contribution in [0, 0.1) is 0 Å². The highest BCUT2D eigenvalue weighted by molar-refractivity contribution is 7.99. The molecular weight excluding hydrogens is 374 g/mol. The van der Waals surface area contributed by atoms with Gasteiger partial charge in [0.05, 0.1) is 11.4 Å². The normalized spacial score (nSPS) is 15.4. The van der Waals surface area contributed by atoms with E-state index in [0.29, 0.717) is 11.6 Å². The Kier molecular flexibility index (Phi) is 4.27. The smallest absolute Gasteiger partial charge is 0.267 e. The number of aryl methyl sites for hydroxylation is 1. The second kappa shape index (κ2) is 6.94. The minimum Gasteiger partial charge on any atom is -0.325 e. The molecule has 28 heavy (non-hydrogen) atoms. The number of fused-ring (bicyclic) bond motifs is 1. The molecule has 1 N–H and O–H groups in total. The number of thioether (sulfide) groups is 1. The molecule has 0 atom stereocenters. The third kappa shape index (κ3) is 3.47. The van der Waals surface area contributed by atoms with Crippen molar-refractivity contribution < 1.29 is 4.79 Å². The van der Waals surface area contributed by atoms with Gasteiger partial charge in [-0.1, -0.05) is 23.9 Å². The molecule has 2 aliphatic rings. The second-order valence-corrected chi connectivity index (χ2v) is 8.17. The van der Waals surface area contributed by atoms with Crippen molar-refractivity contribution in [3.63, 3.8) is 0 Å². The van der Waals surface area contributed by atoms with Gasteiger partial charge in [0.1, 0.15) is 6.54 Å². The van der Waals surface area contributed by atoms with E-state index in [-0.39, 0.29) is 18.0 Å². The second-order valence-electron chi connectivity index (χ2n) is 7.11. The summed E-state index contributed by atoms with van der Waals surface area (Å²) in [7, 11) is 0. The van der Waals surface area contributed by atoms with Gasteiger partial charge < -0.3 is 9.88 Å². The number of hydrogen-bond donors (Lipinski definition) is 1. The fourth-order valence-corrected chi connectivity index (χ4v) is 4.26. The number of nitrogens with zero attached hydrogens (tertiary/aromatic N) is 4. The number of anilines is 1. The standard InChI is InChI=1S/C20H19N5O2S/c26-18(12-25-19(27)7-6-16(23-25)13-4-5-13)21-15-3-1-2-14(10-15)17-11-24-8-9-28-20(24)22-17/h1-3,6-7,10-11,13H,4-5,8-9,12H2,(H,21,26). The van der Waals surface area contributed by atoms with Crippen molar-refractivity contribution in [1.29, 1.82) is 0 Å². The Hall–Kier alpha value is -2.87. The number of rotatable bonds is 5. The van der Waals surface area contributed by atoms with Crippen molar-refractivity contribution in [1.82, 2.24) is 19.3 Å². The molecule has 2 aromatic heterocycles. The van der Waals surface area contributed by atoms with E-state index in [0.717, 1.165) is 47.2 Å². The van der Waals surface area contributed by atoms with Gasteiger partial charge in [0.25, 0.3) is 5.56 Å². The van der Waals surface area contributed by atoms with Crippen molar-refractivity contribution in [3.8, 4) is 11.3 Å². The molecule has 0 bridgehead atoms. The van der Waals surface area contributed by atoms with Gasteiger partial charge in [-0.25, -0.2) is 9.67 Å². The van der Waals surface area contributed by atoms with Crippen LogP contribution in [0.1, 0.15) is 24.5 Å². The highest BCUT2D eigenvalue weighted by Gasteiger charge is 2.25. The summed E-state index contributed by atoms with van der Waals surface area (Å²) in [5.74, 6) is 1.22. The summed E-state index contributed by atoms with van der Waals surface area (Å²) in [4.78, 5) is 29.1. The van der Waals surface area contributed by atoms with Crippen molar-refractivity contribution >= 4 is 23.4 Å². The van der Waals surface area contributed by atoms with E-state index in [9.17, 15) is 9.59 Å². The van der Waals surface area contributed by atoms with Crippen LogP contribution in [-0.4, -0.2) is 31.0 Å². The predicted octanol–water partition coefficient (Wildman–Crippen LogP) is 2.73. The largest absolute Gasteiger partial charge is 0.325 e. The van der Waals surface area contributed by atoms with Gasteiger partial charge in [-0.2, -0.15) is 5.10 Å². The van der Waals surface area contributed by atoms with Crippen LogP contribution >= 0.6 is 11.8 Å². The Morgan fingerprint density at radius 1 is 1.25 bits per heavy atom. The van der Waals surface area contributed by atoms with E-state index in [1.54, 1.807) is 17.8 Å². The van der Waals surface area contributed by atoms with Crippen molar-refractivity contribution in [3.05, 3.63) is 58.6 Å². The van der Waals surface area contributed by atoms with Crippen LogP contribution in [-0.2, 0) is 17.9 Å². The third-order valence-corrected chi connectivity index (χ3v) is 5.89. The molecule has 3 aromatic rings. The molecule has 0 saturated heterocycles. The molecule has 1 aliphatic carbocycles. The predicted molar refractivity (Wildman–Crippen MR) is 107 cm³/mol. The summed E-state index contributed by atoms with van der Waals surface area (Å²) in [6.45, 7) is 0.879. The summed E-state index contributed by atoms with van der Waals surface area (Å²) in [6, 6.07) is 10.8. The van der Waals surface area contributed by atoms with Gasteiger partial charge in [-0.3, -0.25) is 9.59 Å². The molecule has 1 fully saturated rings. The number of amides is 1. The van der Waals surface area contributed by atoms with Crippen LogP contribution in [0.4, 0.5) is 5.69 Å². The number of carbonyl (C=O) groups is 1. The lowest BCUT2D eigenvalue weighted by molar-refractivity contribution is -0.117. The lowest BCUT2D eigenvalue weighted by Gasteiger charge is -2.09. The molecule has 0 spiro atoms.